The normalized spacial score (nSPS) is 20.7. The lowest BCUT2D eigenvalue weighted by Gasteiger charge is -2.41. The van der Waals surface area contributed by atoms with E-state index in [0.717, 1.165) is 38.2 Å². The summed E-state index contributed by atoms with van der Waals surface area (Å²) in [5.74, 6) is 1.19. The van der Waals surface area contributed by atoms with Crippen LogP contribution in [0, 0.1) is 6.92 Å². The summed E-state index contributed by atoms with van der Waals surface area (Å²) < 4.78 is 2.04. The average Bonchev–Trinajstić information content (AvgIpc) is 2.98. The molecular weight excluding hydrogens is 312 g/mol. The van der Waals surface area contributed by atoms with Crippen LogP contribution < -0.4 is 5.32 Å². The molecule has 2 aromatic rings. The molecule has 1 aliphatic heterocycles. The van der Waals surface area contributed by atoms with Crippen molar-refractivity contribution < 1.29 is 4.79 Å². The van der Waals surface area contributed by atoms with Gasteiger partial charge in [0, 0.05) is 39.0 Å². The van der Waals surface area contributed by atoms with Crippen LogP contribution in [0.3, 0.4) is 0 Å². The molecule has 0 radical (unpaired) electrons. The van der Waals surface area contributed by atoms with Crippen molar-refractivity contribution in [3.63, 3.8) is 0 Å². The molecule has 2 heterocycles. The molecule has 134 valence electrons. The Morgan fingerprint density at radius 3 is 2.92 bits per heavy atom. The highest BCUT2D eigenvalue weighted by Crippen LogP contribution is 2.22. The Hall–Kier alpha value is -2.14. The maximum atomic E-state index is 12.2. The van der Waals surface area contributed by atoms with Crippen LogP contribution in [0.2, 0.25) is 0 Å². The summed E-state index contributed by atoms with van der Waals surface area (Å²) in [7, 11) is 2.01. The second kappa shape index (κ2) is 7.83. The van der Waals surface area contributed by atoms with Gasteiger partial charge < -0.3 is 14.8 Å². The van der Waals surface area contributed by atoms with Gasteiger partial charge in [0.1, 0.15) is 5.82 Å². The van der Waals surface area contributed by atoms with E-state index in [2.05, 4.69) is 41.5 Å². The van der Waals surface area contributed by atoms with Crippen molar-refractivity contribution >= 4 is 5.91 Å². The number of carbonyl (C=O) groups excluding carboxylic acids is 1. The van der Waals surface area contributed by atoms with E-state index in [1.807, 2.05) is 28.9 Å². The van der Waals surface area contributed by atoms with Crippen molar-refractivity contribution in [3.8, 4) is 0 Å². The van der Waals surface area contributed by atoms with Crippen LogP contribution in [0.25, 0.3) is 0 Å². The fourth-order valence-corrected chi connectivity index (χ4v) is 3.81. The van der Waals surface area contributed by atoms with Gasteiger partial charge >= 0.3 is 0 Å². The quantitative estimate of drug-likeness (QED) is 0.909. The van der Waals surface area contributed by atoms with Gasteiger partial charge in [-0.1, -0.05) is 29.8 Å². The summed E-state index contributed by atoms with van der Waals surface area (Å²) in [6, 6.07) is 9.08. The first kappa shape index (κ1) is 17.7. The molecule has 0 unspecified atom stereocenters. The van der Waals surface area contributed by atoms with Crippen LogP contribution in [0.15, 0.2) is 36.7 Å². The predicted molar refractivity (Wildman–Crippen MR) is 99.1 cm³/mol. The van der Waals surface area contributed by atoms with Crippen LogP contribution in [0.5, 0.6) is 0 Å². The van der Waals surface area contributed by atoms with Crippen LogP contribution in [0.1, 0.15) is 36.7 Å². The zero-order chi connectivity index (χ0) is 17.8. The molecule has 0 bridgehead atoms. The number of rotatable bonds is 5. The molecule has 5 nitrogen and oxygen atoms in total. The standard InChI is InChI=1S/C20H28N4O/c1-15-6-4-7-17(12-15)13-19-18(8-5-10-24(19)16(2)25)22-14-20-21-9-11-23(20)3/h4,6-7,9,11-12,18-19,22H,5,8,10,13-14H2,1-3H3/t18-,19-/m0/s1. The summed E-state index contributed by atoms with van der Waals surface area (Å²) in [6.45, 7) is 5.38. The molecule has 1 fully saturated rings. The number of carbonyl (C=O) groups is 1. The third kappa shape index (κ3) is 4.28. The molecule has 1 aromatic carbocycles. The molecular formula is C20H28N4O. The van der Waals surface area contributed by atoms with Crippen LogP contribution in [-0.4, -0.2) is 39.0 Å². The molecule has 1 aromatic heterocycles. The number of aromatic nitrogens is 2. The molecule has 0 aliphatic carbocycles. The third-order valence-corrected chi connectivity index (χ3v) is 5.15. The minimum Gasteiger partial charge on any atom is -0.338 e. The predicted octanol–water partition coefficient (Wildman–Crippen LogP) is 2.44. The van der Waals surface area contributed by atoms with Gasteiger partial charge in [-0.2, -0.15) is 0 Å². The van der Waals surface area contributed by atoms with Gasteiger partial charge in [0.25, 0.3) is 0 Å². The van der Waals surface area contributed by atoms with E-state index in [9.17, 15) is 4.79 Å². The van der Waals surface area contributed by atoms with Gasteiger partial charge in [0.15, 0.2) is 0 Å². The number of likely N-dealkylation sites (tertiary alicyclic amines) is 1. The Balaban J connectivity index is 1.76. The molecule has 2 atom stereocenters. The second-order valence-corrected chi connectivity index (χ2v) is 7.06. The van der Waals surface area contributed by atoms with Crippen molar-refractivity contribution in [2.24, 2.45) is 7.05 Å². The fourth-order valence-electron chi connectivity index (χ4n) is 3.81. The molecule has 0 spiro atoms. The zero-order valence-corrected chi connectivity index (χ0v) is 15.4. The third-order valence-electron chi connectivity index (χ3n) is 5.15. The molecule has 1 N–H and O–H groups in total. The maximum Gasteiger partial charge on any atom is 0.219 e. The molecule has 1 aliphatic rings. The summed E-state index contributed by atoms with van der Waals surface area (Å²) in [5.41, 5.74) is 2.56. The lowest BCUT2D eigenvalue weighted by Crippen LogP contribution is -2.56. The smallest absolute Gasteiger partial charge is 0.219 e. The number of benzene rings is 1. The van der Waals surface area contributed by atoms with Crippen molar-refractivity contribution in [1.82, 2.24) is 19.8 Å². The summed E-state index contributed by atoms with van der Waals surface area (Å²) in [5, 5.41) is 3.66. The van der Waals surface area contributed by atoms with Gasteiger partial charge in [-0.25, -0.2) is 4.98 Å². The Morgan fingerprint density at radius 2 is 2.24 bits per heavy atom. The van der Waals surface area contributed by atoms with E-state index in [4.69, 9.17) is 0 Å². The largest absolute Gasteiger partial charge is 0.338 e. The first-order valence-corrected chi connectivity index (χ1v) is 9.07. The number of nitrogens with zero attached hydrogens (tertiary/aromatic N) is 3. The average molecular weight is 340 g/mol. The number of nitrogens with one attached hydrogen (secondary N) is 1. The summed E-state index contributed by atoms with van der Waals surface area (Å²) in [6.07, 6.45) is 6.81. The fraction of sp³-hybridized carbons (Fsp3) is 0.500. The van der Waals surface area contributed by atoms with E-state index in [-0.39, 0.29) is 18.0 Å². The van der Waals surface area contributed by atoms with E-state index in [1.165, 1.54) is 11.1 Å². The molecule has 5 heteroatoms. The molecule has 3 rings (SSSR count). The Labute approximate surface area is 150 Å². The van der Waals surface area contributed by atoms with Crippen LogP contribution in [-0.2, 0) is 24.8 Å². The first-order valence-electron chi connectivity index (χ1n) is 9.07. The Kier molecular flexibility index (Phi) is 5.53. The zero-order valence-electron chi connectivity index (χ0n) is 15.4. The Bertz CT molecular complexity index is 724. The van der Waals surface area contributed by atoms with E-state index >= 15 is 0 Å². The number of hydrogen-bond acceptors (Lipinski definition) is 3. The SMILES string of the molecule is CC(=O)N1CCC[C@H](NCc2nccn2C)[C@@H]1Cc1cccc(C)c1. The van der Waals surface area contributed by atoms with Crippen LogP contribution in [0.4, 0.5) is 0 Å². The van der Waals surface area contributed by atoms with Gasteiger partial charge in [0.05, 0.1) is 12.6 Å². The minimum absolute atomic E-state index is 0.168. The number of hydrogen-bond donors (Lipinski definition) is 1. The van der Waals surface area contributed by atoms with E-state index < -0.39 is 0 Å². The minimum atomic E-state index is 0.168. The van der Waals surface area contributed by atoms with Crippen molar-refractivity contribution in [2.75, 3.05) is 6.54 Å². The number of piperidine rings is 1. The van der Waals surface area contributed by atoms with Gasteiger partial charge in [-0.15, -0.1) is 0 Å². The van der Waals surface area contributed by atoms with Crippen molar-refractivity contribution in [1.29, 1.82) is 0 Å². The van der Waals surface area contributed by atoms with Crippen molar-refractivity contribution in [3.05, 3.63) is 53.6 Å². The summed E-state index contributed by atoms with van der Waals surface area (Å²) >= 11 is 0. The lowest BCUT2D eigenvalue weighted by atomic mass is 9.90. The monoisotopic (exact) mass is 340 g/mol. The number of imidazole rings is 1. The summed E-state index contributed by atoms with van der Waals surface area (Å²) in [4.78, 5) is 18.6. The lowest BCUT2D eigenvalue weighted by molar-refractivity contribution is -0.133. The highest BCUT2D eigenvalue weighted by molar-refractivity contribution is 5.73. The van der Waals surface area contributed by atoms with Gasteiger partial charge in [-0.05, 0) is 31.7 Å². The van der Waals surface area contributed by atoms with Crippen LogP contribution >= 0.6 is 0 Å². The topological polar surface area (TPSA) is 50.2 Å². The Morgan fingerprint density at radius 1 is 1.40 bits per heavy atom. The second-order valence-electron chi connectivity index (χ2n) is 7.06. The first-order chi connectivity index (χ1) is 12.0. The number of amides is 1. The molecule has 0 saturated carbocycles. The van der Waals surface area contributed by atoms with Gasteiger partial charge in [0.2, 0.25) is 5.91 Å². The number of aryl methyl sites for hydroxylation is 2. The highest BCUT2D eigenvalue weighted by Gasteiger charge is 2.32. The van der Waals surface area contributed by atoms with Crippen molar-refractivity contribution in [2.45, 2.75) is 51.7 Å². The molecule has 1 amide bonds. The molecule has 1 saturated heterocycles. The molecule has 25 heavy (non-hydrogen) atoms. The van der Waals surface area contributed by atoms with Gasteiger partial charge in [-0.3, -0.25) is 4.79 Å². The maximum absolute atomic E-state index is 12.2. The van der Waals surface area contributed by atoms with E-state index in [1.54, 1.807) is 6.92 Å². The van der Waals surface area contributed by atoms with E-state index in [0.29, 0.717) is 0 Å². The highest BCUT2D eigenvalue weighted by atomic mass is 16.2.